The molecule has 1 aliphatic heterocycles. The molecule has 0 unspecified atom stereocenters. The third-order valence-corrected chi connectivity index (χ3v) is 3.97. The van der Waals surface area contributed by atoms with Crippen molar-refractivity contribution in [2.24, 2.45) is 0 Å². The van der Waals surface area contributed by atoms with Crippen molar-refractivity contribution in [3.8, 4) is 5.75 Å². The van der Waals surface area contributed by atoms with Gasteiger partial charge in [-0.3, -0.25) is 10.1 Å². The summed E-state index contributed by atoms with van der Waals surface area (Å²) in [4.78, 5) is 10.1. The van der Waals surface area contributed by atoms with Crippen molar-refractivity contribution in [3.05, 3.63) is 34.4 Å². The molecule has 0 aliphatic carbocycles. The summed E-state index contributed by atoms with van der Waals surface area (Å²) >= 11 is 4.98. The fourth-order valence-electron chi connectivity index (χ4n) is 2.42. The van der Waals surface area contributed by atoms with Gasteiger partial charge in [0.25, 0.3) is 5.69 Å². The zero-order valence-corrected chi connectivity index (χ0v) is 15.3. The van der Waals surface area contributed by atoms with E-state index in [0.717, 1.165) is 0 Å². The largest absolute Gasteiger partial charge is 0.445 e. The highest BCUT2D eigenvalue weighted by Crippen LogP contribution is 2.26. The van der Waals surface area contributed by atoms with E-state index >= 15 is 0 Å². The number of aliphatic hydroxyl groups excluding tert-OH is 3. The fraction of sp³-hybridized carbons (Fsp3) is 0.562. The van der Waals surface area contributed by atoms with E-state index in [1.807, 2.05) is 6.92 Å². The Morgan fingerprint density at radius 1 is 1.30 bits per heavy atom. The van der Waals surface area contributed by atoms with Crippen LogP contribution in [0.4, 0.5) is 5.69 Å². The van der Waals surface area contributed by atoms with Crippen LogP contribution in [0.25, 0.3) is 0 Å². The number of nitrogens with zero attached hydrogens (tertiary/aromatic N) is 1. The molecule has 5 atom stereocenters. The molecule has 0 spiro atoms. The Hall–Kier alpha value is -1.89. The standard InChI is InChI=1S/C16H21NO9S/c1-2-7-23-15-14(13(20)12(19)11(8-18)25-15)26-16(27)24-10-5-3-9(4-6-10)17(21)22/h3-6,11-15,18-20H,2,7-8H2,1H3/t11-,12-,13+,14-,15+/m1/s1. The molecule has 1 aromatic rings. The maximum Gasteiger partial charge on any atom is 0.358 e. The second-order valence-corrected chi connectivity index (χ2v) is 6.10. The minimum absolute atomic E-state index is 0.114. The smallest absolute Gasteiger partial charge is 0.358 e. The molecule has 1 saturated heterocycles. The van der Waals surface area contributed by atoms with Crippen LogP contribution in [0.3, 0.4) is 0 Å². The number of aliphatic hydroxyl groups is 3. The van der Waals surface area contributed by atoms with Gasteiger partial charge in [0.2, 0.25) is 0 Å². The molecule has 1 fully saturated rings. The lowest BCUT2D eigenvalue weighted by molar-refractivity contribution is -0.384. The number of non-ortho nitro benzene ring substituents is 1. The minimum Gasteiger partial charge on any atom is -0.445 e. The lowest BCUT2D eigenvalue weighted by atomic mass is 9.99. The van der Waals surface area contributed by atoms with Crippen LogP contribution in [-0.2, 0) is 14.2 Å². The molecule has 10 nitrogen and oxygen atoms in total. The summed E-state index contributed by atoms with van der Waals surface area (Å²) in [7, 11) is 0. The first-order chi connectivity index (χ1) is 12.9. The predicted molar refractivity (Wildman–Crippen MR) is 95.2 cm³/mol. The van der Waals surface area contributed by atoms with Gasteiger partial charge in [-0.25, -0.2) is 0 Å². The summed E-state index contributed by atoms with van der Waals surface area (Å²) in [6, 6.07) is 5.14. The average molecular weight is 403 g/mol. The molecular weight excluding hydrogens is 382 g/mol. The molecule has 1 aromatic carbocycles. The number of nitro benzene ring substituents is 1. The van der Waals surface area contributed by atoms with Gasteiger partial charge < -0.3 is 34.3 Å². The van der Waals surface area contributed by atoms with E-state index in [9.17, 15) is 25.4 Å². The summed E-state index contributed by atoms with van der Waals surface area (Å²) in [5.74, 6) is 0.191. The zero-order chi connectivity index (χ0) is 20.0. The molecule has 0 radical (unpaired) electrons. The van der Waals surface area contributed by atoms with Crippen LogP contribution in [0.1, 0.15) is 13.3 Å². The molecule has 0 aromatic heterocycles. The number of hydrogen-bond donors (Lipinski definition) is 3. The first-order valence-corrected chi connectivity index (χ1v) is 8.65. The van der Waals surface area contributed by atoms with Crippen LogP contribution < -0.4 is 4.74 Å². The monoisotopic (exact) mass is 403 g/mol. The van der Waals surface area contributed by atoms with Crippen molar-refractivity contribution in [3.63, 3.8) is 0 Å². The first-order valence-electron chi connectivity index (χ1n) is 8.24. The summed E-state index contributed by atoms with van der Waals surface area (Å²) in [5, 5.41) is 39.8. The Bertz CT molecular complexity index is 641. The van der Waals surface area contributed by atoms with E-state index in [1.54, 1.807) is 0 Å². The van der Waals surface area contributed by atoms with Crippen molar-refractivity contribution in [1.82, 2.24) is 0 Å². The molecule has 1 aliphatic rings. The molecule has 2 rings (SSSR count). The molecule has 27 heavy (non-hydrogen) atoms. The summed E-state index contributed by atoms with van der Waals surface area (Å²) in [6.45, 7) is 1.65. The van der Waals surface area contributed by atoms with Gasteiger partial charge in [0, 0.05) is 31.0 Å². The number of rotatable bonds is 7. The second kappa shape index (κ2) is 9.88. The summed E-state index contributed by atoms with van der Waals surface area (Å²) in [6.07, 6.45) is -5.51. The van der Waals surface area contributed by atoms with Crippen LogP contribution in [0.5, 0.6) is 5.75 Å². The van der Waals surface area contributed by atoms with Gasteiger partial charge in [0.15, 0.2) is 12.4 Å². The highest BCUT2D eigenvalue weighted by molar-refractivity contribution is 7.79. The molecule has 11 heteroatoms. The quantitative estimate of drug-likeness (QED) is 0.335. The number of hydrogen-bond acceptors (Lipinski definition) is 10. The Morgan fingerprint density at radius 3 is 2.52 bits per heavy atom. The summed E-state index contributed by atoms with van der Waals surface area (Å²) < 4.78 is 21.6. The van der Waals surface area contributed by atoms with Gasteiger partial charge in [-0.15, -0.1) is 0 Å². The van der Waals surface area contributed by atoms with E-state index in [2.05, 4.69) is 0 Å². The van der Waals surface area contributed by atoms with Gasteiger partial charge in [-0.05, 0) is 18.6 Å². The van der Waals surface area contributed by atoms with Gasteiger partial charge in [-0.2, -0.15) is 0 Å². The number of ether oxygens (including phenoxy) is 4. The van der Waals surface area contributed by atoms with Crippen LogP contribution in [0.2, 0.25) is 0 Å². The third kappa shape index (κ3) is 5.54. The van der Waals surface area contributed by atoms with Crippen LogP contribution in [-0.4, -0.2) is 69.4 Å². The molecule has 0 saturated carbocycles. The molecule has 3 N–H and O–H groups in total. The van der Waals surface area contributed by atoms with E-state index < -0.39 is 47.5 Å². The third-order valence-electron chi connectivity index (χ3n) is 3.79. The van der Waals surface area contributed by atoms with Crippen molar-refractivity contribution in [2.45, 2.75) is 44.1 Å². The van der Waals surface area contributed by atoms with Crippen LogP contribution >= 0.6 is 12.2 Å². The van der Waals surface area contributed by atoms with E-state index in [1.165, 1.54) is 24.3 Å². The van der Waals surface area contributed by atoms with Crippen molar-refractivity contribution >= 4 is 23.1 Å². The molecule has 0 bridgehead atoms. The van der Waals surface area contributed by atoms with Crippen molar-refractivity contribution < 1.29 is 39.2 Å². The highest BCUT2D eigenvalue weighted by atomic mass is 32.1. The Morgan fingerprint density at radius 2 is 1.96 bits per heavy atom. The molecule has 0 amide bonds. The van der Waals surface area contributed by atoms with Crippen molar-refractivity contribution in [2.75, 3.05) is 13.2 Å². The lowest BCUT2D eigenvalue weighted by Crippen LogP contribution is -2.60. The van der Waals surface area contributed by atoms with Gasteiger partial charge in [-0.1, -0.05) is 6.92 Å². The average Bonchev–Trinajstić information content (AvgIpc) is 2.65. The maximum atomic E-state index is 10.7. The SMILES string of the molecule is CCCO[C@H]1O[C@H](CO)[C@@H](O)[C@H](O)[C@H]1OC(=S)Oc1ccc([N+](=O)[O-])cc1. The normalized spacial score (nSPS) is 27.8. The number of nitro groups is 1. The van der Waals surface area contributed by atoms with Crippen LogP contribution in [0, 0.1) is 10.1 Å². The Labute approximate surface area is 160 Å². The Balaban J connectivity index is 2.04. The predicted octanol–water partition coefficient (Wildman–Crippen LogP) is 0.509. The number of thiocarbonyl (C=S) groups is 1. The molecule has 150 valence electrons. The number of benzene rings is 1. The fourth-order valence-corrected chi connectivity index (χ4v) is 2.62. The van der Waals surface area contributed by atoms with Gasteiger partial charge in [0.05, 0.1) is 11.5 Å². The first kappa shape index (κ1) is 21.4. The lowest BCUT2D eigenvalue weighted by Gasteiger charge is -2.41. The highest BCUT2D eigenvalue weighted by Gasteiger charge is 2.47. The van der Waals surface area contributed by atoms with E-state index in [-0.39, 0.29) is 11.4 Å². The topological polar surface area (TPSA) is 141 Å². The summed E-state index contributed by atoms with van der Waals surface area (Å²) in [5.41, 5.74) is -0.114. The Kier molecular flexibility index (Phi) is 7.83. The van der Waals surface area contributed by atoms with Gasteiger partial charge >= 0.3 is 5.24 Å². The molecular formula is C16H21NO9S. The van der Waals surface area contributed by atoms with Crippen molar-refractivity contribution in [1.29, 1.82) is 0 Å². The minimum atomic E-state index is -1.45. The van der Waals surface area contributed by atoms with Gasteiger partial charge in [0.1, 0.15) is 24.1 Å². The zero-order valence-electron chi connectivity index (χ0n) is 14.5. The van der Waals surface area contributed by atoms with Crippen LogP contribution in [0.15, 0.2) is 24.3 Å². The second-order valence-electron chi connectivity index (χ2n) is 5.76. The van der Waals surface area contributed by atoms with E-state index in [0.29, 0.717) is 13.0 Å². The molecule has 1 heterocycles. The maximum absolute atomic E-state index is 10.7. The van der Waals surface area contributed by atoms with E-state index in [4.69, 9.17) is 31.2 Å².